The van der Waals surface area contributed by atoms with Gasteiger partial charge in [-0.25, -0.2) is 4.98 Å². The highest BCUT2D eigenvalue weighted by Gasteiger charge is 2.12. The van der Waals surface area contributed by atoms with Crippen molar-refractivity contribution in [3.8, 4) is 17.1 Å². The van der Waals surface area contributed by atoms with E-state index in [9.17, 15) is 9.90 Å². The molecule has 128 valence electrons. The largest absolute Gasteiger partial charge is 0.497 e. The van der Waals surface area contributed by atoms with E-state index in [1.165, 1.54) is 6.08 Å². The Labute approximate surface area is 145 Å². The van der Waals surface area contributed by atoms with Crippen LogP contribution in [-0.4, -0.2) is 34.3 Å². The number of imidazole rings is 1. The first-order valence-electron chi connectivity index (χ1n) is 7.85. The van der Waals surface area contributed by atoms with Gasteiger partial charge in [-0.3, -0.25) is 4.79 Å². The number of ether oxygens (including phenoxy) is 1. The molecule has 25 heavy (non-hydrogen) atoms. The summed E-state index contributed by atoms with van der Waals surface area (Å²) in [5.74, 6) is 1.04. The van der Waals surface area contributed by atoms with Gasteiger partial charge in [0.05, 0.1) is 24.8 Å². The normalized spacial score (nSPS) is 11.3. The molecule has 0 unspecified atom stereocenters. The number of nitrogens with zero attached hydrogens (tertiary/aromatic N) is 2. The van der Waals surface area contributed by atoms with E-state index in [0.29, 0.717) is 6.54 Å². The van der Waals surface area contributed by atoms with Gasteiger partial charge in [0.2, 0.25) is 5.91 Å². The first kappa shape index (κ1) is 16.7. The van der Waals surface area contributed by atoms with Gasteiger partial charge in [0.1, 0.15) is 11.6 Å². The topological polar surface area (TPSA) is 90.4 Å². The quantitative estimate of drug-likeness (QED) is 0.675. The summed E-state index contributed by atoms with van der Waals surface area (Å²) in [6.07, 6.45) is 2.97. The number of aromatic nitrogens is 2. The zero-order valence-corrected chi connectivity index (χ0v) is 13.8. The van der Waals surface area contributed by atoms with Crippen molar-refractivity contribution in [2.45, 2.75) is 6.54 Å². The van der Waals surface area contributed by atoms with Crippen LogP contribution in [0.2, 0.25) is 0 Å². The van der Waals surface area contributed by atoms with Crippen LogP contribution < -0.4 is 10.5 Å². The molecule has 0 aliphatic heterocycles. The highest BCUT2D eigenvalue weighted by Crippen LogP contribution is 2.27. The summed E-state index contributed by atoms with van der Waals surface area (Å²) in [5.41, 5.74) is 8.60. The molecule has 1 heterocycles. The van der Waals surface area contributed by atoms with Crippen LogP contribution >= 0.6 is 0 Å². The molecule has 3 aromatic rings. The molecule has 0 radical (unpaired) electrons. The number of hydrogen-bond donors (Lipinski definition) is 2. The van der Waals surface area contributed by atoms with Crippen molar-refractivity contribution in [1.82, 2.24) is 9.55 Å². The van der Waals surface area contributed by atoms with E-state index in [-0.39, 0.29) is 6.61 Å². The predicted octanol–water partition coefficient (Wildman–Crippen LogP) is 2.20. The zero-order chi connectivity index (χ0) is 17.8. The highest BCUT2D eigenvalue weighted by atomic mass is 16.5. The first-order chi connectivity index (χ1) is 12.1. The molecule has 0 atom stereocenters. The summed E-state index contributed by atoms with van der Waals surface area (Å²) >= 11 is 0. The molecule has 0 saturated heterocycles. The van der Waals surface area contributed by atoms with E-state index in [0.717, 1.165) is 33.7 Å². The zero-order valence-electron chi connectivity index (χ0n) is 13.8. The number of aliphatic hydroxyl groups is 1. The summed E-state index contributed by atoms with van der Waals surface area (Å²) in [6.45, 7) is 0.451. The van der Waals surface area contributed by atoms with Gasteiger partial charge in [-0.1, -0.05) is 6.07 Å². The number of primary amides is 1. The molecule has 1 amide bonds. The van der Waals surface area contributed by atoms with Gasteiger partial charge in [0.25, 0.3) is 0 Å². The Kier molecular flexibility index (Phi) is 4.81. The van der Waals surface area contributed by atoms with Crippen LogP contribution in [0, 0.1) is 0 Å². The molecule has 6 heteroatoms. The minimum Gasteiger partial charge on any atom is -0.497 e. The van der Waals surface area contributed by atoms with E-state index in [2.05, 4.69) is 0 Å². The molecule has 0 saturated carbocycles. The van der Waals surface area contributed by atoms with Crippen molar-refractivity contribution in [2.75, 3.05) is 13.7 Å². The summed E-state index contributed by atoms with van der Waals surface area (Å²) in [6, 6.07) is 13.3. The summed E-state index contributed by atoms with van der Waals surface area (Å²) in [7, 11) is 1.62. The molecule has 0 aliphatic rings. The SMILES string of the molecule is COc1ccc(-c2nc3cc(/C=C/C(N)=O)ccc3n2CCO)cc1. The summed E-state index contributed by atoms with van der Waals surface area (Å²) in [4.78, 5) is 15.6. The maximum atomic E-state index is 10.9. The molecular weight excluding hydrogens is 318 g/mol. The Balaban J connectivity index is 2.09. The number of hydrogen-bond acceptors (Lipinski definition) is 4. The van der Waals surface area contributed by atoms with Crippen LogP contribution in [-0.2, 0) is 11.3 Å². The maximum Gasteiger partial charge on any atom is 0.241 e. The van der Waals surface area contributed by atoms with Gasteiger partial charge in [-0.2, -0.15) is 0 Å². The molecule has 0 fully saturated rings. The Morgan fingerprint density at radius 3 is 2.68 bits per heavy atom. The molecule has 0 aliphatic carbocycles. The average molecular weight is 337 g/mol. The summed E-state index contributed by atoms with van der Waals surface area (Å²) < 4.78 is 7.16. The van der Waals surface area contributed by atoms with E-state index < -0.39 is 5.91 Å². The molecule has 2 aromatic carbocycles. The van der Waals surface area contributed by atoms with E-state index in [4.69, 9.17) is 15.5 Å². The predicted molar refractivity (Wildman–Crippen MR) is 97.0 cm³/mol. The van der Waals surface area contributed by atoms with Crippen molar-refractivity contribution in [3.05, 3.63) is 54.1 Å². The van der Waals surface area contributed by atoms with Gasteiger partial charge in [-0.05, 0) is 48.0 Å². The third kappa shape index (κ3) is 3.54. The van der Waals surface area contributed by atoms with Crippen molar-refractivity contribution < 1.29 is 14.6 Å². The standard InChI is InChI=1S/C19H19N3O3/c1-25-15-6-4-14(5-7-15)19-21-16-12-13(3-9-18(20)24)2-8-17(16)22(19)10-11-23/h2-9,12,23H,10-11H2,1H3,(H2,20,24)/b9-3+. The minimum absolute atomic E-state index is 0.0118. The number of nitrogens with two attached hydrogens (primary N) is 1. The second-order valence-corrected chi connectivity index (χ2v) is 5.52. The Bertz CT molecular complexity index is 927. The van der Waals surface area contributed by atoms with Crippen LogP contribution in [0.15, 0.2) is 48.5 Å². The van der Waals surface area contributed by atoms with Crippen LogP contribution in [0.1, 0.15) is 5.56 Å². The van der Waals surface area contributed by atoms with E-state index >= 15 is 0 Å². The monoisotopic (exact) mass is 337 g/mol. The number of amides is 1. The number of aliphatic hydroxyl groups excluding tert-OH is 1. The number of fused-ring (bicyclic) bond motifs is 1. The lowest BCUT2D eigenvalue weighted by Gasteiger charge is -2.08. The number of benzene rings is 2. The Morgan fingerprint density at radius 2 is 2.04 bits per heavy atom. The second kappa shape index (κ2) is 7.19. The van der Waals surface area contributed by atoms with Crippen LogP contribution in [0.25, 0.3) is 28.5 Å². The summed E-state index contributed by atoms with van der Waals surface area (Å²) in [5, 5.41) is 9.42. The Hall–Kier alpha value is -3.12. The minimum atomic E-state index is -0.496. The van der Waals surface area contributed by atoms with Gasteiger partial charge in [0.15, 0.2) is 0 Å². The van der Waals surface area contributed by atoms with Gasteiger partial charge in [0, 0.05) is 18.2 Å². The number of rotatable bonds is 6. The van der Waals surface area contributed by atoms with Crippen molar-refractivity contribution in [2.24, 2.45) is 5.73 Å². The fraction of sp³-hybridized carbons (Fsp3) is 0.158. The molecule has 3 rings (SSSR count). The fourth-order valence-electron chi connectivity index (χ4n) is 2.72. The van der Waals surface area contributed by atoms with Gasteiger partial charge < -0.3 is 20.1 Å². The van der Waals surface area contributed by atoms with Crippen molar-refractivity contribution >= 4 is 23.0 Å². The third-order valence-corrected chi connectivity index (χ3v) is 3.88. The van der Waals surface area contributed by atoms with Crippen molar-refractivity contribution in [1.29, 1.82) is 0 Å². The van der Waals surface area contributed by atoms with Crippen LogP contribution in [0.3, 0.4) is 0 Å². The molecule has 1 aromatic heterocycles. The molecular formula is C19H19N3O3. The molecule has 3 N–H and O–H groups in total. The smallest absolute Gasteiger partial charge is 0.241 e. The maximum absolute atomic E-state index is 10.9. The van der Waals surface area contributed by atoms with E-state index in [1.54, 1.807) is 13.2 Å². The second-order valence-electron chi connectivity index (χ2n) is 5.52. The lowest BCUT2D eigenvalue weighted by molar-refractivity contribution is -0.113. The van der Waals surface area contributed by atoms with Gasteiger partial charge in [-0.15, -0.1) is 0 Å². The third-order valence-electron chi connectivity index (χ3n) is 3.88. The lowest BCUT2D eigenvalue weighted by Crippen LogP contribution is -2.05. The molecule has 0 bridgehead atoms. The average Bonchev–Trinajstić information content (AvgIpc) is 2.98. The molecule has 0 spiro atoms. The van der Waals surface area contributed by atoms with Crippen molar-refractivity contribution in [3.63, 3.8) is 0 Å². The first-order valence-corrected chi connectivity index (χ1v) is 7.85. The number of carbonyl (C=O) groups excluding carboxylic acids is 1. The molecule has 6 nitrogen and oxygen atoms in total. The van der Waals surface area contributed by atoms with Crippen LogP contribution in [0.4, 0.5) is 0 Å². The highest BCUT2D eigenvalue weighted by molar-refractivity contribution is 5.91. The van der Waals surface area contributed by atoms with E-state index in [1.807, 2.05) is 47.0 Å². The number of methoxy groups -OCH3 is 1. The lowest BCUT2D eigenvalue weighted by atomic mass is 10.2. The van der Waals surface area contributed by atoms with Gasteiger partial charge >= 0.3 is 0 Å². The number of carbonyl (C=O) groups is 1. The Morgan fingerprint density at radius 1 is 1.28 bits per heavy atom. The van der Waals surface area contributed by atoms with Crippen LogP contribution in [0.5, 0.6) is 5.75 Å². The fourth-order valence-corrected chi connectivity index (χ4v) is 2.72.